The predicted octanol–water partition coefficient (Wildman–Crippen LogP) is -0.00340. The molecule has 1 heterocycles. The van der Waals surface area contributed by atoms with E-state index in [9.17, 15) is 8.42 Å². The lowest BCUT2D eigenvalue weighted by molar-refractivity contribution is 0.601. The van der Waals surface area contributed by atoms with Crippen molar-refractivity contribution in [2.24, 2.45) is 5.73 Å². The van der Waals surface area contributed by atoms with E-state index >= 15 is 0 Å². The fraction of sp³-hybridized carbons (Fsp3) is 0.444. The molecule has 5 nitrogen and oxygen atoms in total. The summed E-state index contributed by atoms with van der Waals surface area (Å²) in [6, 6.07) is 3.41. The van der Waals surface area contributed by atoms with Gasteiger partial charge >= 0.3 is 0 Å². The Kier molecular flexibility index (Phi) is 2.40. The van der Waals surface area contributed by atoms with Gasteiger partial charge in [-0.2, -0.15) is 0 Å². The first-order chi connectivity index (χ1) is 6.98. The number of aromatic nitrogens is 1. The van der Waals surface area contributed by atoms with Gasteiger partial charge in [0.2, 0.25) is 0 Å². The maximum atomic E-state index is 11.4. The smallest absolute Gasteiger partial charge is 0.179 e. The molecule has 0 aromatic carbocycles. The SMILES string of the molecule is CS(=O)(=O)c1cccnc1NC1CC1N. The van der Waals surface area contributed by atoms with Crippen LogP contribution in [0.2, 0.25) is 0 Å². The summed E-state index contributed by atoms with van der Waals surface area (Å²) in [4.78, 5) is 4.24. The Bertz CT molecular complexity index is 472. The van der Waals surface area contributed by atoms with E-state index in [-0.39, 0.29) is 17.0 Å². The van der Waals surface area contributed by atoms with E-state index in [2.05, 4.69) is 10.3 Å². The van der Waals surface area contributed by atoms with E-state index in [0.717, 1.165) is 6.42 Å². The molecule has 1 aliphatic rings. The average molecular weight is 227 g/mol. The zero-order valence-electron chi connectivity index (χ0n) is 8.34. The summed E-state index contributed by atoms with van der Waals surface area (Å²) in [5.41, 5.74) is 5.63. The lowest BCUT2D eigenvalue weighted by Gasteiger charge is -2.08. The molecular formula is C9H13N3O2S. The first kappa shape index (κ1) is 10.4. The molecule has 0 bridgehead atoms. The molecule has 0 radical (unpaired) electrons. The van der Waals surface area contributed by atoms with Gasteiger partial charge in [0.15, 0.2) is 9.84 Å². The van der Waals surface area contributed by atoms with Crippen LogP contribution in [0.3, 0.4) is 0 Å². The van der Waals surface area contributed by atoms with Crippen molar-refractivity contribution in [2.45, 2.75) is 23.4 Å². The second-order valence-corrected chi connectivity index (χ2v) is 5.76. The third-order valence-corrected chi connectivity index (χ3v) is 3.46. The predicted molar refractivity (Wildman–Crippen MR) is 57.3 cm³/mol. The molecule has 1 aliphatic carbocycles. The molecule has 1 saturated carbocycles. The number of nitrogens with one attached hydrogen (secondary N) is 1. The van der Waals surface area contributed by atoms with Crippen LogP contribution in [0.5, 0.6) is 0 Å². The molecule has 0 aliphatic heterocycles. The van der Waals surface area contributed by atoms with Crippen LogP contribution >= 0.6 is 0 Å². The van der Waals surface area contributed by atoms with Crippen LogP contribution in [0.25, 0.3) is 0 Å². The van der Waals surface area contributed by atoms with E-state index in [4.69, 9.17) is 5.73 Å². The molecule has 1 aromatic rings. The van der Waals surface area contributed by atoms with Gasteiger partial charge in [-0.25, -0.2) is 13.4 Å². The van der Waals surface area contributed by atoms with Crippen LogP contribution < -0.4 is 11.1 Å². The van der Waals surface area contributed by atoms with E-state index in [1.807, 2.05) is 0 Å². The number of pyridine rings is 1. The highest BCUT2D eigenvalue weighted by molar-refractivity contribution is 7.90. The van der Waals surface area contributed by atoms with E-state index in [1.54, 1.807) is 18.3 Å². The first-order valence-electron chi connectivity index (χ1n) is 4.65. The lowest BCUT2D eigenvalue weighted by atomic mass is 10.4. The Morgan fingerprint density at radius 1 is 1.60 bits per heavy atom. The number of sulfone groups is 1. The first-order valence-corrected chi connectivity index (χ1v) is 6.55. The van der Waals surface area contributed by atoms with Gasteiger partial charge in [-0.3, -0.25) is 0 Å². The standard InChI is InChI=1S/C9H13N3O2S/c1-15(13,14)8-3-2-4-11-9(8)12-7-5-6(7)10/h2-4,6-7H,5,10H2,1H3,(H,11,12). The van der Waals surface area contributed by atoms with Gasteiger partial charge in [-0.1, -0.05) is 0 Å². The highest BCUT2D eigenvalue weighted by Crippen LogP contribution is 2.26. The summed E-state index contributed by atoms with van der Waals surface area (Å²) < 4.78 is 22.9. The quantitative estimate of drug-likeness (QED) is 0.759. The number of nitrogens with two attached hydrogens (primary N) is 1. The molecule has 1 aromatic heterocycles. The number of hydrogen-bond acceptors (Lipinski definition) is 5. The van der Waals surface area contributed by atoms with Gasteiger partial charge in [0.25, 0.3) is 0 Å². The Hall–Kier alpha value is -1.14. The van der Waals surface area contributed by atoms with Crippen molar-refractivity contribution in [1.82, 2.24) is 4.98 Å². The van der Waals surface area contributed by atoms with Gasteiger partial charge in [0, 0.05) is 24.5 Å². The average Bonchev–Trinajstić information content (AvgIpc) is 2.81. The molecule has 15 heavy (non-hydrogen) atoms. The molecule has 82 valence electrons. The molecule has 3 N–H and O–H groups in total. The molecule has 1 fully saturated rings. The molecule has 0 saturated heterocycles. The maximum absolute atomic E-state index is 11.4. The van der Waals surface area contributed by atoms with Crippen molar-refractivity contribution in [3.05, 3.63) is 18.3 Å². The highest BCUT2D eigenvalue weighted by atomic mass is 32.2. The van der Waals surface area contributed by atoms with Crippen molar-refractivity contribution in [3.8, 4) is 0 Å². The summed E-state index contributed by atoms with van der Waals surface area (Å²) in [5.74, 6) is 0.401. The van der Waals surface area contributed by atoms with Crippen LogP contribution in [0.4, 0.5) is 5.82 Å². The van der Waals surface area contributed by atoms with Gasteiger partial charge in [-0.15, -0.1) is 0 Å². The third-order valence-electron chi connectivity index (χ3n) is 2.33. The van der Waals surface area contributed by atoms with Crippen LogP contribution in [-0.4, -0.2) is 31.7 Å². The van der Waals surface area contributed by atoms with Crippen LogP contribution in [0.1, 0.15) is 6.42 Å². The molecule has 0 spiro atoms. The Morgan fingerprint density at radius 3 is 2.80 bits per heavy atom. The topological polar surface area (TPSA) is 85.1 Å². The minimum absolute atomic E-state index is 0.111. The van der Waals surface area contributed by atoms with Gasteiger partial charge in [0.05, 0.1) is 0 Å². The minimum Gasteiger partial charge on any atom is -0.365 e. The molecule has 2 rings (SSSR count). The zero-order valence-corrected chi connectivity index (χ0v) is 9.16. The third kappa shape index (κ3) is 2.27. The van der Waals surface area contributed by atoms with E-state index < -0.39 is 9.84 Å². The Labute approximate surface area is 88.6 Å². The molecule has 6 heteroatoms. The summed E-state index contributed by atoms with van der Waals surface area (Å²) in [7, 11) is -3.23. The molecule has 2 atom stereocenters. The fourth-order valence-electron chi connectivity index (χ4n) is 1.35. The number of nitrogens with zero attached hydrogens (tertiary/aromatic N) is 1. The number of anilines is 1. The highest BCUT2D eigenvalue weighted by Gasteiger charge is 2.34. The van der Waals surface area contributed by atoms with Crippen molar-refractivity contribution in [3.63, 3.8) is 0 Å². The van der Waals surface area contributed by atoms with Crippen LogP contribution in [0, 0.1) is 0 Å². The lowest BCUT2D eigenvalue weighted by Crippen LogP contribution is -2.16. The van der Waals surface area contributed by atoms with E-state index in [0.29, 0.717) is 5.82 Å². The fourth-order valence-corrected chi connectivity index (χ4v) is 2.14. The van der Waals surface area contributed by atoms with E-state index in [1.165, 1.54) is 6.26 Å². The summed E-state index contributed by atoms with van der Waals surface area (Å²) in [6.45, 7) is 0. The summed E-state index contributed by atoms with van der Waals surface area (Å²) in [6.07, 6.45) is 3.59. The van der Waals surface area contributed by atoms with Crippen molar-refractivity contribution in [1.29, 1.82) is 0 Å². The molecule has 2 unspecified atom stereocenters. The number of hydrogen-bond donors (Lipinski definition) is 2. The van der Waals surface area contributed by atoms with Gasteiger partial charge < -0.3 is 11.1 Å². The van der Waals surface area contributed by atoms with Crippen LogP contribution in [-0.2, 0) is 9.84 Å². The molecular weight excluding hydrogens is 214 g/mol. The zero-order chi connectivity index (χ0) is 11.1. The Balaban J connectivity index is 2.30. The van der Waals surface area contributed by atoms with Crippen LogP contribution in [0.15, 0.2) is 23.2 Å². The summed E-state index contributed by atoms with van der Waals surface area (Å²) in [5, 5.41) is 3.03. The second kappa shape index (κ2) is 3.46. The normalized spacial score (nSPS) is 24.9. The minimum atomic E-state index is -3.23. The van der Waals surface area contributed by atoms with Crippen molar-refractivity contribution in [2.75, 3.05) is 11.6 Å². The van der Waals surface area contributed by atoms with Crippen molar-refractivity contribution < 1.29 is 8.42 Å². The summed E-state index contributed by atoms with van der Waals surface area (Å²) >= 11 is 0. The van der Waals surface area contributed by atoms with Gasteiger partial charge in [0.1, 0.15) is 10.7 Å². The Morgan fingerprint density at radius 2 is 2.27 bits per heavy atom. The van der Waals surface area contributed by atoms with Gasteiger partial charge in [-0.05, 0) is 18.6 Å². The maximum Gasteiger partial charge on any atom is 0.179 e. The van der Waals surface area contributed by atoms with Crippen molar-refractivity contribution >= 4 is 15.7 Å². The number of rotatable bonds is 3. The molecule has 0 amide bonds. The largest absolute Gasteiger partial charge is 0.365 e. The second-order valence-electron chi connectivity index (χ2n) is 3.77. The monoisotopic (exact) mass is 227 g/mol.